The van der Waals surface area contributed by atoms with E-state index in [9.17, 15) is 10.2 Å². The first-order valence-corrected chi connectivity index (χ1v) is 12.4. The summed E-state index contributed by atoms with van der Waals surface area (Å²) in [6, 6.07) is 0. The lowest BCUT2D eigenvalue weighted by Crippen LogP contribution is -2.61. The van der Waals surface area contributed by atoms with Crippen molar-refractivity contribution in [3.05, 3.63) is 11.6 Å². The summed E-state index contributed by atoms with van der Waals surface area (Å²) in [5.41, 5.74) is 1.35. The second-order valence-corrected chi connectivity index (χ2v) is 11.4. The van der Waals surface area contributed by atoms with Gasteiger partial charge >= 0.3 is 0 Å². The van der Waals surface area contributed by atoms with Crippen molar-refractivity contribution in [3.63, 3.8) is 0 Å². The zero-order valence-electron chi connectivity index (χ0n) is 18.8. The van der Waals surface area contributed by atoms with Crippen LogP contribution in [0.25, 0.3) is 0 Å². The Morgan fingerprint density at radius 2 is 1.86 bits per heavy atom. The van der Waals surface area contributed by atoms with Crippen LogP contribution in [0.1, 0.15) is 105 Å². The number of rotatable bonds is 5. The molecule has 0 aliphatic heterocycles. The molecule has 0 bridgehead atoms. The molecule has 2 heteroatoms. The smallest absolute Gasteiger partial charge is 0.0751 e. The van der Waals surface area contributed by atoms with Crippen molar-refractivity contribution in [1.82, 2.24) is 0 Å². The van der Waals surface area contributed by atoms with Gasteiger partial charge in [-0.3, -0.25) is 0 Å². The van der Waals surface area contributed by atoms with E-state index in [1.54, 1.807) is 0 Å². The summed E-state index contributed by atoms with van der Waals surface area (Å²) >= 11 is 0. The van der Waals surface area contributed by atoms with E-state index in [0.29, 0.717) is 17.3 Å². The first-order chi connectivity index (χ1) is 13.3. The van der Waals surface area contributed by atoms with E-state index in [0.717, 1.165) is 37.5 Å². The Labute approximate surface area is 173 Å². The first kappa shape index (κ1) is 20.9. The highest BCUT2D eigenvalue weighted by Gasteiger charge is 2.65. The largest absolute Gasteiger partial charge is 0.393 e. The molecule has 160 valence electrons. The van der Waals surface area contributed by atoms with Crippen LogP contribution in [0, 0.1) is 34.5 Å². The maximum absolute atomic E-state index is 12.2. The number of aliphatic hydroxyl groups excluding tert-OH is 1. The lowest BCUT2D eigenvalue weighted by atomic mass is 9.45. The number of hydrogen-bond donors (Lipinski definition) is 2. The lowest BCUT2D eigenvalue weighted by molar-refractivity contribution is -0.182. The molecule has 8 atom stereocenters. The highest BCUT2D eigenvalue weighted by Crippen LogP contribution is 2.68. The molecule has 0 aromatic rings. The summed E-state index contributed by atoms with van der Waals surface area (Å²) < 4.78 is 0. The SMILES string of the molecule is CCCC[C@@H](CC)[C@H]1CC[C@@H]2[C@]1(C)CC[C@H]1[C@@]2(O)CC=C2C[C@@H](O)CC[C@@]21C. The molecule has 4 rings (SSSR count). The summed E-state index contributed by atoms with van der Waals surface area (Å²) in [5, 5.41) is 22.4. The fourth-order valence-electron chi connectivity index (χ4n) is 8.70. The summed E-state index contributed by atoms with van der Waals surface area (Å²) in [4.78, 5) is 0. The van der Waals surface area contributed by atoms with Crippen LogP contribution in [-0.2, 0) is 0 Å². The van der Waals surface area contributed by atoms with E-state index >= 15 is 0 Å². The van der Waals surface area contributed by atoms with Gasteiger partial charge in [-0.2, -0.15) is 0 Å². The Morgan fingerprint density at radius 1 is 1.07 bits per heavy atom. The Hall–Kier alpha value is -0.340. The summed E-state index contributed by atoms with van der Waals surface area (Å²) in [6.07, 6.45) is 16.1. The third kappa shape index (κ3) is 2.96. The second-order valence-electron chi connectivity index (χ2n) is 11.4. The molecule has 2 N–H and O–H groups in total. The van der Waals surface area contributed by atoms with Gasteiger partial charge in [-0.1, -0.05) is 65.0 Å². The predicted octanol–water partition coefficient (Wildman–Crippen LogP) is 6.26. The molecule has 0 unspecified atom stereocenters. The molecule has 0 heterocycles. The first-order valence-electron chi connectivity index (χ1n) is 12.4. The monoisotopic (exact) mass is 388 g/mol. The Kier molecular flexibility index (Phi) is 5.54. The molecule has 0 aromatic heterocycles. The number of unbranched alkanes of at least 4 members (excludes halogenated alkanes) is 1. The van der Waals surface area contributed by atoms with Gasteiger partial charge in [0.15, 0.2) is 0 Å². The zero-order valence-corrected chi connectivity index (χ0v) is 18.8. The van der Waals surface area contributed by atoms with Gasteiger partial charge in [0, 0.05) is 0 Å². The van der Waals surface area contributed by atoms with Crippen molar-refractivity contribution < 1.29 is 10.2 Å². The van der Waals surface area contributed by atoms with Crippen molar-refractivity contribution in [3.8, 4) is 0 Å². The summed E-state index contributed by atoms with van der Waals surface area (Å²) in [6.45, 7) is 9.66. The van der Waals surface area contributed by atoms with Gasteiger partial charge in [-0.05, 0) is 85.9 Å². The minimum Gasteiger partial charge on any atom is -0.393 e. The van der Waals surface area contributed by atoms with Crippen LogP contribution in [0.2, 0.25) is 0 Å². The van der Waals surface area contributed by atoms with E-state index in [2.05, 4.69) is 33.8 Å². The summed E-state index contributed by atoms with van der Waals surface area (Å²) in [5.74, 6) is 2.48. The van der Waals surface area contributed by atoms with Crippen molar-refractivity contribution in [2.24, 2.45) is 34.5 Å². The maximum atomic E-state index is 12.2. The lowest BCUT2D eigenvalue weighted by Gasteiger charge is -2.62. The van der Waals surface area contributed by atoms with E-state index in [4.69, 9.17) is 0 Å². The van der Waals surface area contributed by atoms with E-state index in [1.165, 1.54) is 56.9 Å². The topological polar surface area (TPSA) is 40.5 Å². The van der Waals surface area contributed by atoms with Gasteiger partial charge in [-0.25, -0.2) is 0 Å². The average molecular weight is 389 g/mol. The van der Waals surface area contributed by atoms with Gasteiger partial charge < -0.3 is 10.2 Å². The molecule has 3 fully saturated rings. The van der Waals surface area contributed by atoms with Crippen molar-refractivity contribution >= 4 is 0 Å². The normalized spacial score (nSPS) is 49.0. The average Bonchev–Trinajstić information content (AvgIpc) is 3.02. The van der Waals surface area contributed by atoms with Crippen molar-refractivity contribution in [2.75, 3.05) is 0 Å². The molecule has 4 aliphatic rings. The number of hydrogen-bond acceptors (Lipinski definition) is 2. The third-order valence-corrected chi connectivity index (χ3v) is 10.2. The molecule has 0 saturated heterocycles. The van der Waals surface area contributed by atoms with Gasteiger partial charge in [0.05, 0.1) is 11.7 Å². The van der Waals surface area contributed by atoms with Crippen LogP contribution in [0.5, 0.6) is 0 Å². The van der Waals surface area contributed by atoms with Crippen molar-refractivity contribution in [2.45, 2.75) is 116 Å². The van der Waals surface area contributed by atoms with Crippen LogP contribution in [0.15, 0.2) is 11.6 Å². The Balaban J connectivity index is 1.63. The highest BCUT2D eigenvalue weighted by molar-refractivity contribution is 5.29. The van der Waals surface area contributed by atoms with E-state index < -0.39 is 5.60 Å². The quantitative estimate of drug-likeness (QED) is 0.546. The van der Waals surface area contributed by atoms with E-state index in [1.807, 2.05) is 0 Å². The summed E-state index contributed by atoms with van der Waals surface area (Å²) in [7, 11) is 0. The van der Waals surface area contributed by atoms with Crippen LogP contribution in [0.4, 0.5) is 0 Å². The molecule has 0 amide bonds. The maximum Gasteiger partial charge on any atom is 0.0751 e. The molecule has 0 aromatic carbocycles. The van der Waals surface area contributed by atoms with Gasteiger partial charge in [0.1, 0.15) is 0 Å². The van der Waals surface area contributed by atoms with Crippen LogP contribution < -0.4 is 0 Å². The highest BCUT2D eigenvalue weighted by atomic mass is 16.3. The standard InChI is InChI=1S/C26H44O2/c1-5-7-8-18(6-2)21-9-10-22-25(21,4)15-13-23-24(3)14-12-20(27)17-19(24)11-16-26(22,23)28/h11,18,20-23,27-28H,5-10,12-17H2,1-4H3/t18-,20+,21-,22-,23-,24+,25-,26-/m1/s1. The fourth-order valence-corrected chi connectivity index (χ4v) is 8.70. The van der Waals surface area contributed by atoms with Gasteiger partial charge in [0.2, 0.25) is 0 Å². The van der Waals surface area contributed by atoms with Crippen LogP contribution in [0.3, 0.4) is 0 Å². The van der Waals surface area contributed by atoms with Crippen molar-refractivity contribution in [1.29, 1.82) is 0 Å². The molecule has 28 heavy (non-hydrogen) atoms. The molecule has 0 spiro atoms. The van der Waals surface area contributed by atoms with Crippen LogP contribution >= 0.6 is 0 Å². The molecular weight excluding hydrogens is 344 g/mol. The minimum atomic E-state index is -0.522. The Bertz CT molecular complexity index is 612. The zero-order chi connectivity index (χ0) is 20.2. The second kappa shape index (κ2) is 7.41. The third-order valence-electron chi connectivity index (χ3n) is 10.2. The molecule has 3 saturated carbocycles. The Morgan fingerprint density at radius 3 is 2.57 bits per heavy atom. The molecule has 0 radical (unpaired) electrons. The van der Waals surface area contributed by atoms with Crippen LogP contribution in [-0.4, -0.2) is 21.9 Å². The van der Waals surface area contributed by atoms with E-state index in [-0.39, 0.29) is 11.5 Å². The molecular formula is C26H44O2. The van der Waals surface area contributed by atoms with Gasteiger partial charge in [-0.15, -0.1) is 0 Å². The molecule has 4 aliphatic carbocycles. The minimum absolute atomic E-state index is 0.109. The number of fused-ring (bicyclic) bond motifs is 5. The fraction of sp³-hybridized carbons (Fsp3) is 0.923. The predicted molar refractivity (Wildman–Crippen MR) is 116 cm³/mol. The number of aliphatic hydroxyl groups is 2. The molecule has 2 nitrogen and oxygen atoms in total. The van der Waals surface area contributed by atoms with Gasteiger partial charge in [0.25, 0.3) is 0 Å².